The molecule has 5 rings (SSSR count). The molecule has 1 fully saturated rings. The van der Waals surface area contributed by atoms with E-state index >= 15 is 0 Å². The summed E-state index contributed by atoms with van der Waals surface area (Å²) in [6.45, 7) is 1.51. The third-order valence-electron chi connectivity index (χ3n) is 5.18. The fraction of sp³-hybridized carbons (Fsp3) is 0.273. The molecule has 3 heterocycles. The summed E-state index contributed by atoms with van der Waals surface area (Å²) in [5, 5.41) is 9.69. The number of likely N-dealkylation sites (tertiary alicyclic amines) is 1. The summed E-state index contributed by atoms with van der Waals surface area (Å²) in [4.78, 5) is 19.5. The van der Waals surface area contributed by atoms with Crippen LogP contribution in [0.3, 0.4) is 0 Å². The third kappa shape index (κ3) is 4.11. The highest BCUT2D eigenvalue weighted by Crippen LogP contribution is 2.33. The van der Waals surface area contributed by atoms with Crippen LogP contribution in [0, 0.1) is 0 Å². The van der Waals surface area contributed by atoms with Crippen molar-refractivity contribution < 1.29 is 9.21 Å². The standard InChI is InChI=1S/C22H20N4O2S2/c27-19(14-29-22-25-24-20(28-22)15-7-2-1-3-8-15)26-12-6-9-16(13-26)21-23-17-10-4-5-11-18(17)30-21/h1-5,7-8,10-11,16H,6,9,12-14H2. The van der Waals surface area contributed by atoms with Gasteiger partial charge in [0.15, 0.2) is 0 Å². The number of hydrogen-bond donors (Lipinski definition) is 0. The number of carbonyl (C=O) groups excluding carboxylic acids is 1. The number of piperidine rings is 1. The Kier molecular flexibility index (Phi) is 5.50. The second-order valence-electron chi connectivity index (χ2n) is 7.23. The van der Waals surface area contributed by atoms with Gasteiger partial charge in [-0.25, -0.2) is 4.98 Å². The number of para-hydroxylation sites is 1. The van der Waals surface area contributed by atoms with Crippen LogP contribution in [-0.4, -0.2) is 44.8 Å². The molecule has 0 N–H and O–H groups in total. The maximum atomic E-state index is 12.8. The second kappa shape index (κ2) is 8.57. The predicted octanol–water partition coefficient (Wildman–Crippen LogP) is 4.84. The minimum atomic E-state index is 0.102. The largest absolute Gasteiger partial charge is 0.411 e. The molecular weight excluding hydrogens is 416 g/mol. The van der Waals surface area contributed by atoms with Crippen molar-refractivity contribution in [3.05, 3.63) is 59.6 Å². The number of nitrogens with zero attached hydrogens (tertiary/aromatic N) is 4. The summed E-state index contributed by atoms with van der Waals surface area (Å²) in [7, 11) is 0. The quantitative estimate of drug-likeness (QED) is 0.417. The van der Waals surface area contributed by atoms with Gasteiger partial charge in [-0.1, -0.05) is 42.1 Å². The molecule has 30 heavy (non-hydrogen) atoms. The highest BCUT2D eigenvalue weighted by atomic mass is 32.2. The molecule has 1 aliphatic rings. The number of benzene rings is 2. The summed E-state index contributed by atoms with van der Waals surface area (Å²) in [6, 6.07) is 17.8. The van der Waals surface area contributed by atoms with Crippen molar-refractivity contribution in [3.8, 4) is 11.5 Å². The summed E-state index contributed by atoms with van der Waals surface area (Å²) >= 11 is 3.03. The minimum Gasteiger partial charge on any atom is -0.411 e. The average molecular weight is 437 g/mol. The van der Waals surface area contributed by atoms with Crippen molar-refractivity contribution in [1.82, 2.24) is 20.1 Å². The van der Waals surface area contributed by atoms with Crippen LogP contribution in [0.15, 0.2) is 64.2 Å². The van der Waals surface area contributed by atoms with Gasteiger partial charge >= 0.3 is 0 Å². The molecule has 1 amide bonds. The van der Waals surface area contributed by atoms with Crippen LogP contribution in [0.5, 0.6) is 0 Å². The van der Waals surface area contributed by atoms with Gasteiger partial charge in [0.25, 0.3) is 5.22 Å². The fourth-order valence-electron chi connectivity index (χ4n) is 3.65. The van der Waals surface area contributed by atoms with E-state index < -0.39 is 0 Å². The first kappa shape index (κ1) is 19.3. The van der Waals surface area contributed by atoms with Gasteiger partial charge in [0.05, 0.1) is 21.0 Å². The van der Waals surface area contributed by atoms with E-state index in [1.807, 2.05) is 53.4 Å². The van der Waals surface area contributed by atoms with Gasteiger partial charge in [0, 0.05) is 24.6 Å². The fourth-order valence-corrected chi connectivity index (χ4v) is 5.41. The van der Waals surface area contributed by atoms with Crippen molar-refractivity contribution in [2.24, 2.45) is 0 Å². The smallest absolute Gasteiger partial charge is 0.277 e. The zero-order chi connectivity index (χ0) is 20.3. The lowest BCUT2D eigenvalue weighted by molar-refractivity contribution is -0.129. The van der Waals surface area contributed by atoms with E-state index in [9.17, 15) is 4.79 Å². The van der Waals surface area contributed by atoms with Gasteiger partial charge in [0.1, 0.15) is 0 Å². The van der Waals surface area contributed by atoms with E-state index in [-0.39, 0.29) is 5.91 Å². The number of aromatic nitrogens is 3. The molecule has 0 bridgehead atoms. The van der Waals surface area contributed by atoms with Crippen LogP contribution in [0.2, 0.25) is 0 Å². The lowest BCUT2D eigenvalue weighted by Gasteiger charge is -2.31. The Bertz CT molecular complexity index is 1130. The molecule has 2 aromatic carbocycles. The van der Waals surface area contributed by atoms with Crippen molar-refractivity contribution in [2.45, 2.75) is 24.0 Å². The first-order valence-electron chi connectivity index (χ1n) is 9.91. The number of fused-ring (bicyclic) bond motifs is 1. The molecule has 1 aliphatic heterocycles. The van der Waals surface area contributed by atoms with Gasteiger partial charge in [-0.3, -0.25) is 4.79 Å². The molecule has 0 spiro atoms. The third-order valence-corrected chi connectivity index (χ3v) is 7.18. The minimum absolute atomic E-state index is 0.102. The Morgan fingerprint density at radius 2 is 1.97 bits per heavy atom. The summed E-state index contributed by atoms with van der Waals surface area (Å²) in [6.07, 6.45) is 2.07. The summed E-state index contributed by atoms with van der Waals surface area (Å²) in [5.41, 5.74) is 1.92. The Labute approximate surface area is 182 Å². The van der Waals surface area contributed by atoms with Crippen molar-refractivity contribution in [2.75, 3.05) is 18.8 Å². The molecular formula is C22H20N4O2S2. The molecule has 0 saturated carbocycles. The Morgan fingerprint density at radius 1 is 1.13 bits per heavy atom. The molecule has 1 saturated heterocycles. The van der Waals surface area contributed by atoms with Gasteiger partial charge in [-0.05, 0) is 37.1 Å². The van der Waals surface area contributed by atoms with Crippen LogP contribution in [-0.2, 0) is 4.79 Å². The molecule has 6 nitrogen and oxygen atoms in total. The van der Waals surface area contributed by atoms with Crippen LogP contribution < -0.4 is 0 Å². The highest BCUT2D eigenvalue weighted by molar-refractivity contribution is 7.99. The second-order valence-corrected chi connectivity index (χ2v) is 9.22. The first-order valence-corrected chi connectivity index (χ1v) is 11.7. The van der Waals surface area contributed by atoms with Crippen LogP contribution in [0.25, 0.3) is 21.7 Å². The molecule has 0 aliphatic carbocycles. The molecule has 8 heteroatoms. The first-order chi connectivity index (χ1) is 14.8. The van der Waals surface area contributed by atoms with Crippen molar-refractivity contribution in [3.63, 3.8) is 0 Å². The number of rotatable bonds is 5. The van der Waals surface area contributed by atoms with Crippen LogP contribution >= 0.6 is 23.1 Å². The number of hydrogen-bond acceptors (Lipinski definition) is 7. The van der Waals surface area contributed by atoms with E-state index in [1.165, 1.54) is 16.5 Å². The van der Waals surface area contributed by atoms with Crippen LogP contribution in [0.4, 0.5) is 0 Å². The molecule has 2 aromatic heterocycles. The van der Waals surface area contributed by atoms with Gasteiger partial charge < -0.3 is 9.32 Å². The predicted molar refractivity (Wildman–Crippen MR) is 119 cm³/mol. The zero-order valence-electron chi connectivity index (χ0n) is 16.2. The molecule has 1 unspecified atom stereocenters. The maximum Gasteiger partial charge on any atom is 0.277 e. The zero-order valence-corrected chi connectivity index (χ0v) is 17.9. The number of amides is 1. The number of thioether (sulfide) groups is 1. The SMILES string of the molecule is O=C(CSc1nnc(-c2ccccc2)o1)N1CCCC(c2nc3ccccc3s2)C1. The topological polar surface area (TPSA) is 72.1 Å². The van der Waals surface area contributed by atoms with Crippen LogP contribution in [0.1, 0.15) is 23.8 Å². The van der Waals surface area contributed by atoms with Crippen molar-refractivity contribution in [1.29, 1.82) is 0 Å². The molecule has 1 atom stereocenters. The van der Waals surface area contributed by atoms with E-state index in [4.69, 9.17) is 9.40 Å². The monoisotopic (exact) mass is 436 g/mol. The van der Waals surface area contributed by atoms with E-state index in [0.717, 1.165) is 42.0 Å². The lowest BCUT2D eigenvalue weighted by Crippen LogP contribution is -2.40. The van der Waals surface area contributed by atoms with Gasteiger partial charge in [-0.15, -0.1) is 21.5 Å². The van der Waals surface area contributed by atoms with Gasteiger partial charge in [-0.2, -0.15) is 0 Å². The van der Waals surface area contributed by atoms with E-state index in [0.29, 0.717) is 22.8 Å². The summed E-state index contributed by atoms with van der Waals surface area (Å²) in [5.74, 6) is 1.17. The van der Waals surface area contributed by atoms with Crippen molar-refractivity contribution >= 4 is 39.2 Å². The average Bonchev–Trinajstić information content (AvgIpc) is 3.45. The van der Waals surface area contributed by atoms with E-state index in [2.05, 4.69) is 16.3 Å². The number of carbonyl (C=O) groups is 1. The van der Waals surface area contributed by atoms with E-state index in [1.54, 1.807) is 11.3 Å². The Balaban J connectivity index is 1.20. The lowest BCUT2D eigenvalue weighted by atomic mass is 9.99. The maximum absolute atomic E-state index is 12.8. The normalized spacial score (nSPS) is 16.8. The number of thiazole rings is 1. The Morgan fingerprint density at radius 3 is 2.83 bits per heavy atom. The molecule has 0 radical (unpaired) electrons. The van der Waals surface area contributed by atoms with Gasteiger partial charge in [0.2, 0.25) is 11.8 Å². The highest BCUT2D eigenvalue weighted by Gasteiger charge is 2.27. The molecule has 152 valence electrons. The summed E-state index contributed by atoms with van der Waals surface area (Å²) < 4.78 is 6.90. The Hall–Kier alpha value is -2.71. The molecule has 4 aromatic rings.